The summed E-state index contributed by atoms with van der Waals surface area (Å²) in [4.78, 5) is 0. The number of alkyl halides is 1. The smallest absolute Gasteiger partial charge is 0.00338 e. The zero-order valence-corrected chi connectivity index (χ0v) is 13.4. The zero-order chi connectivity index (χ0) is 12.4. The summed E-state index contributed by atoms with van der Waals surface area (Å²) >= 11 is 3.52. The van der Waals surface area contributed by atoms with Gasteiger partial charge in [0, 0.05) is 5.33 Å². The highest BCUT2D eigenvalue weighted by atomic mass is 79.9. The fourth-order valence-corrected chi connectivity index (χ4v) is 2.95. The lowest BCUT2D eigenvalue weighted by molar-refractivity contribution is 0.398. The highest BCUT2D eigenvalue weighted by Crippen LogP contribution is 2.20. The summed E-state index contributed by atoms with van der Waals surface area (Å²) in [6.07, 6.45) is 9.88. The molecule has 2 atom stereocenters. The summed E-state index contributed by atoms with van der Waals surface area (Å²) in [6, 6.07) is 0. The maximum absolute atomic E-state index is 3.52. The first kappa shape index (κ1) is 16.5. The Morgan fingerprint density at radius 3 is 1.56 bits per heavy atom. The maximum Gasteiger partial charge on any atom is 0.00338 e. The number of halogens is 1. The number of rotatable bonds is 10. The molecule has 0 aromatic carbocycles. The lowest BCUT2D eigenvalue weighted by Gasteiger charge is -2.14. The van der Waals surface area contributed by atoms with Crippen LogP contribution in [0.15, 0.2) is 0 Å². The van der Waals surface area contributed by atoms with Gasteiger partial charge in [0.05, 0.1) is 0 Å². The average Bonchev–Trinajstić information content (AvgIpc) is 2.17. The first-order valence-electron chi connectivity index (χ1n) is 7.12. The van der Waals surface area contributed by atoms with Gasteiger partial charge in [0.25, 0.3) is 0 Å². The zero-order valence-electron chi connectivity index (χ0n) is 11.8. The molecule has 0 radical (unpaired) electrons. The van der Waals surface area contributed by atoms with Gasteiger partial charge in [-0.2, -0.15) is 0 Å². The first-order valence-corrected chi connectivity index (χ1v) is 8.24. The summed E-state index contributed by atoms with van der Waals surface area (Å²) in [5.41, 5.74) is 0. The van der Waals surface area contributed by atoms with E-state index >= 15 is 0 Å². The fraction of sp³-hybridized carbons (Fsp3) is 1.00. The normalized spacial score (nSPS) is 15.4. The molecule has 0 rings (SSSR count). The van der Waals surface area contributed by atoms with Crippen molar-refractivity contribution < 1.29 is 0 Å². The highest BCUT2D eigenvalue weighted by Gasteiger charge is 2.05. The third-order valence-electron chi connectivity index (χ3n) is 3.47. The molecule has 2 unspecified atom stereocenters. The van der Waals surface area contributed by atoms with Crippen LogP contribution in [0.1, 0.15) is 72.6 Å². The van der Waals surface area contributed by atoms with Crippen LogP contribution in [0.3, 0.4) is 0 Å². The molecule has 0 aliphatic heterocycles. The molecule has 0 N–H and O–H groups in total. The molecule has 1 heteroatoms. The van der Waals surface area contributed by atoms with Gasteiger partial charge < -0.3 is 0 Å². The topological polar surface area (TPSA) is 0 Å². The lowest BCUT2D eigenvalue weighted by Crippen LogP contribution is -2.00. The van der Waals surface area contributed by atoms with E-state index in [-0.39, 0.29) is 0 Å². The predicted molar refractivity (Wildman–Crippen MR) is 79.3 cm³/mol. The van der Waals surface area contributed by atoms with Crippen molar-refractivity contribution in [3.63, 3.8) is 0 Å². The monoisotopic (exact) mass is 290 g/mol. The van der Waals surface area contributed by atoms with Gasteiger partial charge in [-0.3, -0.25) is 0 Å². The van der Waals surface area contributed by atoms with Crippen LogP contribution in [0.5, 0.6) is 0 Å². The van der Waals surface area contributed by atoms with Crippen molar-refractivity contribution >= 4 is 15.9 Å². The molecular formula is C15H31Br. The minimum absolute atomic E-state index is 0.881. The van der Waals surface area contributed by atoms with E-state index in [1.165, 1.54) is 44.9 Å². The van der Waals surface area contributed by atoms with E-state index in [0.29, 0.717) is 0 Å². The summed E-state index contributed by atoms with van der Waals surface area (Å²) in [7, 11) is 0. The van der Waals surface area contributed by atoms with E-state index in [1.54, 1.807) is 0 Å². The van der Waals surface area contributed by atoms with Crippen molar-refractivity contribution in [1.29, 1.82) is 0 Å². The van der Waals surface area contributed by atoms with Crippen LogP contribution < -0.4 is 0 Å². The molecule has 98 valence electrons. The predicted octanol–water partition coefficient (Wildman–Crippen LogP) is 6.04. The van der Waals surface area contributed by atoms with E-state index in [9.17, 15) is 0 Å². The Hall–Kier alpha value is 0.480. The van der Waals surface area contributed by atoms with Crippen LogP contribution in [0, 0.1) is 17.8 Å². The van der Waals surface area contributed by atoms with Crippen molar-refractivity contribution in [2.75, 3.05) is 5.33 Å². The minimum atomic E-state index is 0.881. The SMILES string of the molecule is CC(C)CCCC(C)CCCC(C)CCBr. The van der Waals surface area contributed by atoms with Gasteiger partial charge in [0.15, 0.2) is 0 Å². The largest absolute Gasteiger partial charge is 0.0928 e. The molecule has 0 aromatic rings. The van der Waals surface area contributed by atoms with Crippen LogP contribution in [0.25, 0.3) is 0 Å². The van der Waals surface area contributed by atoms with Gasteiger partial charge in [-0.15, -0.1) is 0 Å². The Morgan fingerprint density at radius 2 is 1.12 bits per heavy atom. The van der Waals surface area contributed by atoms with E-state index in [0.717, 1.165) is 23.1 Å². The third kappa shape index (κ3) is 11.0. The van der Waals surface area contributed by atoms with Crippen molar-refractivity contribution in [3.8, 4) is 0 Å². The van der Waals surface area contributed by atoms with Gasteiger partial charge in [0.2, 0.25) is 0 Å². The van der Waals surface area contributed by atoms with Crippen molar-refractivity contribution in [2.45, 2.75) is 72.6 Å². The molecule has 0 aliphatic rings. The van der Waals surface area contributed by atoms with Crippen molar-refractivity contribution in [2.24, 2.45) is 17.8 Å². The van der Waals surface area contributed by atoms with Gasteiger partial charge in [-0.25, -0.2) is 0 Å². The Morgan fingerprint density at radius 1 is 0.688 bits per heavy atom. The molecule has 0 nitrogen and oxygen atoms in total. The van der Waals surface area contributed by atoms with Crippen LogP contribution in [0.2, 0.25) is 0 Å². The van der Waals surface area contributed by atoms with E-state index in [2.05, 4.69) is 43.6 Å². The second-order valence-corrected chi connectivity index (χ2v) is 6.74. The molecule has 0 saturated carbocycles. The Bertz CT molecular complexity index is 142. The Labute approximate surface area is 112 Å². The van der Waals surface area contributed by atoms with E-state index in [1.807, 2.05) is 0 Å². The summed E-state index contributed by atoms with van der Waals surface area (Å²) < 4.78 is 0. The molecule has 16 heavy (non-hydrogen) atoms. The van der Waals surface area contributed by atoms with E-state index < -0.39 is 0 Å². The standard InChI is InChI=1S/C15H31Br/c1-13(2)7-5-8-14(3)9-6-10-15(4)11-12-16/h13-15H,5-12H2,1-4H3. The Kier molecular flexibility index (Phi) is 10.9. The average molecular weight is 291 g/mol. The molecule has 0 aliphatic carbocycles. The second-order valence-electron chi connectivity index (χ2n) is 5.94. The number of hydrogen-bond donors (Lipinski definition) is 0. The summed E-state index contributed by atoms with van der Waals surface area (Å²) in [6.45, 7) is 9.46. The minimum Gasteiger partial charge on any atom is -0.0928 e. The molecule has 0 saturated heterocycles. The second kappa shape index (κ2) is 10.6. The molecule has 0 amide bonds. The van der Waals surface area contributed by atoms with Crippen LogP contribution in [0.4, 0.5) is 0 Å². The van der Waals surface area contributed by atoms with Gasteiger partial charge in [-0.1, -0.05) is 82.1 Å². The van der Waals surface area contributed by atoms with E-state index in [4.69, 9.17) is 0 Å². The molecule has 0 spiro atoms. The quantitative estimate of drug-likeness (QED) is 0.430. The van der Waals surface area contributed by atoms with Crippen molar-refractivity contribution in [1.82, 2.24) is 0 Å². The van der Waals surface area contributed by atoms with Gasteiger partial charge >= 0.3 is 0 Å². The molecule has 0 aromatic heterocycles. The maximum atomic E-state index is 3.52. The first-order chi connectivity index (χ1) is 7.56. The fourth-order valence-electron chi connectivity index (χ4n) is 2.16. The van der Waals surface area contributed by atoms with Crippen LogP contribution in [-0.2, 0) is 0 Å². The summed E-state index contributed by atoms with van der Waals surface area (Å²) in [5, 5.41) is 1.16. The van der Waals surface area contributed by atoms with Crippen LogP contribution in [-0.4, -0.2) is 5.33 Å². The molecule has 0 heterocycles. The molecule has 0 fully saturated rings. The van der Waals surface area contributed by atoms with Gasteiger partial charge in [0.1, 0.15) is 0 Å². The van der Waals surface area contributed by atoms with Crippen molar-refractivity contribution in [3.05, 3.63) is 0 Å². The molecular weight excluding hydrogens is 260 g/mol. The lowest BCUT2D eigenvalue weighted by atomic mass is 9.93. The molecule has 0 bridgehead atoms. The summed E-state index contributed by atoms with van der Waals surface area (Å²) in [5.74, 6) is 2.73. The highest BCUT2D eigenvalue weighted by molar-refractivity contribution is 9.09. The third-order valence-corrected chi connectivity index (χ3v) is 3.93. The Balaban J connectivity index is 3.32. The van der Waals surface area contributed by atoms with Gasteiger partial charge in [-0.05, 0) is 24.2 Å². The number of hydrogen-bond acceptors (Lipinski definition) is 0. The van der Waals surface area contributed by atoms with Crippen LogP contribution >= 0.6 is 15.9 Å².